The van der Waals surface area contributed by atoms with Gasteiger partial charge >= 0.3 is 0 Å². The molecule has 11 heavy (non-hydrogen) atoms. The zero-order valence-corrected chi connectivity index (χ0v) is 7.61. The molecule has 1 atom stereocenters. The highest BCUT2D eigenvalue weighted by atomic mass is 32.1. The summed E-state index contributed by atoms with van der Waals surface area (Å²) in [5.41, 5.74) is 5.51. The number of aryl methyl sites for hydroxylation is 1. The molecule has 1 rings (SSSR count). The van der Waals surface area contributed by atoms with Gasteiger partial charge in [-0.3, -0.25) is 0 Å². The van der Waals surface area contributed by atoms with Crippen molar-refractivity contribution in [2.45, 2.75) is 19.4 Å². The van der Waals surface area contributed by atoms with Crippen molar-refractivity contribution in [3.63, 3.8) is 0 Å². The summed E-state index contributed by atoms with van der Waals surface area (Å²) >= 11 is 1.63. The fraction of sp³-hybridized carbons (Fsp3) is 0.500. The number of rotatable bonds is 2. The molecule has 1 aromatic rings. The molecule has 1 heterocycles. The standard InChI is InChI=1S/C8H13NOS/c1-6-7(3-4-11-6)8(2,10)5-9/h3-4,10H,5,9H2,1-2H3. The van der Waals surface area contributed by atoms with E-state index < -0.39 is 5.60 Å². The first-order valence-electron chi connectivity index (χ1n) is 3.55. The van der Waals surface area contributed by atoms with Crippen molar-refractivity contribution in [1.82, 2.24) is 0 Å². The van der Waals surface area contributed by atoms with Gasteiger partial charge in [0.15, 0.2) is 0 Å². The Morgan fingerprint density at radius 1 is 1.73 bits per heavy atom. The van der Waals surface area contributed by atoms with Crippen LogP contribution in [0.25, 0.3) is 0 Å². The lowest BCUT2D eigenvalue weighted by Crippen LogP contribution is -2.31. The van der Waals surface area contributed by atoms with Crippen LogP contribution in [0.2, 0.25) is 0 Å². The minimum absolute atomic E-state index is 0.268. The van der Waals surface area contributed by atoms with Gasteiger partial charge in [0.2, 0.25) is 0 Å². The first-order valence-corrected chi connectivity index (χ1v) is 4.43. The lowest BCUT2D eigenvalue weighted by atomic mass is 9.97. The summed E-state index contributed by atoms with van der Waals surface area (Å²) in [6.45, 7) is 4.00. The van der Waals surface area contributed by atoms with Crippen LogP contribution >= 0.6 is 11.3 Å². The van der Waals surface area contributed by atoms with Crippen LogP contribution in [0.15, 0.2) is 11.4 Å². The Kier molecular flexibility index (Phi) is 2.32. The van der Waals surface area contributed by atoms with Crippen LogP contribution in [-0.4, -0.2) is 11.7 Å². The van der Waals surface area contributed by atoms with Gasteiger partial charge in [-0.1, -0.05) is 0 Å². The van der Waals surface area contributed by atoms with Crippen LogP contribution < -0.4 is 5.73 Å². The normalized spacial score (nSPS) is 16.4. The average Bonchev–Trinajstić information content (AvgIpc) is 2.36. The van der Waals surface area contributed by atoms with Gasteiger partial charge in [-0.05, 0) is 30.9 Å². The van der Waals surface area contributed by atoms with E-state index in [-0.39, 0.29) is 6.54 Å². The van der Waals surface area contributed by atoms with E-state index in [0.717, 1.165) is 10.4 Å². The van der Waals surface area contributed by atoms with Gasteiger partial charge in [-0.15, -0.1) is 11.3 Å². The molecule has 62 valence electrons. The lowest BCUT2D eigenvalue weighted by Gasteiger charge is -2.20. The highest BCUT2D eigenvalue weighted by Crippen LogP contribution is 2.26. The third-order valence-electron chi connectivity index (χ3n) is 1.84. The Morgan fingerprint density at radius 3 is 2.73 bits per heavy atom. The molecule has 0 aromatic carbocycles. The number of thiophene rings is 1. The minimum atomic E-state index is -0.857. The van der Waals surface area contributed by atoms with Crippen molar-refractivity contribution in [2.24, 2.45) is 5.73 Å². The van der Waals surface area contributed by atoms with Crippen LogP contribution in [0.4, 0.5) is 0 Å². The fourth-order valence-electron chi connectivity index (χ4n) is 1.05. The molecule has 0 spiro atoms. The molecule has 0 saturated heterocycles. The maximum atomic E-state index is 9.75. The molecule has 3 N–H and O–H groups in total. The van der Waals surface area contributed by atoms with Crippen LogP contribution in [0, 0.1) is 6.92 Å². The molecule has 0 aliphatic carbocycles. The molecular formula is C8H13NOS. The van der Waals surface area contributed by atoms with E-state index in [9.17, 15) is 5.11 Å². The predicted molar refractivity (Wildman–Crippen MR) is 47.7 cm³/mol. The van der Waals surface area contributed by atoms with Gasteiger partial charge in [0, 0.05) is 11.4 Å². The number of aliphatic hydroxyl groups is 1. The SMILES string of the molecule is Cc1sccc1C(C)(O)CN. The van der Waals surface area contributed by atoms with Gasteiger partial charge in [-0.2, -0.15) is 0 Å². The van der Waals surface area contributed by atoms with Crippen LogP contribution in [0.1, 0.15) is 17.4 Å². The van der Waals surface area contributed by atoms with Crippen LogP contribution in [0.5, 0.6) is 0 Å². The molecule has 0 saturated carbocycles. The summed E-state index contributed by atoms with van der Waals surface area (Å²) < 4.78 is 0. The summed E-state index contributed by atoms with van der Waals surface area (Å²) in [5.74, 6) is 0. The van der Waals surface area contributed by atoms with E-state index in [1.165, 1.54) is 0 Å². The Morgan fingerprint density at radius 2 is 2.36 bits per heavy atom. The smallest absolute Gasteiger partial charge is 0.100 e. The second kappa shape index (κ2) is 2.93. The van der Waals surface area contributed by atoms with Crippen molar-refractivity contribution in [1.29, 1.82) is 0 Å². The van der Waals surface area contributed by atoms with Crippen molar-refractivity contribution in [2.75, 3.05) is 6.54 Å². The summed E-state index contributed by atoms with van der Waals surface area (Å²) in [6.07, 6.45) is 0. The summed E-state index contributed by atoms with van der Waals surface area (Å²) in [7, 11) is 0. The predicted octanol–water partition coefficient (Wildman–Crippen LogP) is 1.22. The summed E-state index contributed by atoms with van der Waals surface area (Å²) in [4.78, 5) is 1.14. The Balaban J connectivity index is 3.00. The minimum Gasteiger partial charge on any atom is -0.384 e. The topological polar surface area (TPSA) is 46.2 Å². The highest BCUT2D eigenvalue weighted by Gasteiger charge is 2.23. The maximum absolute atomic E-state index is 9.75. The zero-order chi connectivity index (χ0) is 8.48. The highest BCUT2D eigenvalue weighted by molar-refractivity contribution is 7.10. The zero-order valence-electron chi connectivity index (χ0n) is 6.79. The third kappa shape index (κ3) is 1.61. The second-order valence-corrected chi connectivity index (χ2v) is 3.99. The van der Waals surface area contributed by atoms with Gasteiger partial charge in [-0.25, -0.2) is 0 Å². The van der Waals surface area contributed by atoms with Crippen LogP contribution in [-0.2, 0) is 5.60 Å². The summed E-state index contributed by atoms with van der Waals surface area (Å²) in [6, 6.07) is 1.92. The molecule has 1 aromatic heterocycles. The Hall–Kier alpha value is -0.380. The molecule has 0 amide bonds. The molecule has 0 aliphatic heterocycles. The van der Waals surface area contributed by atoms with E-state index in [1.807, 2.05) is 18.4 Å². The van der Waals surface area contributed by atoms with Gasteiger partial charge in [0.25, 0.3) is 0 Å². The maximum Gasteiger partial charge on any atom is 0.100 e. The summed E-state index contributed by atoms with van der Waals surface area (Å²) in [5, 5.41) is 11.7. The van der Waals surface area contributed by atoms with E-state index in [4.69, 9.17) is 5.73 Å². The fourth-order valence-corrected chi connectivity index (χ4v) is 1.88. The van der Waals surface area contributed by atoms with Crippen molar-refractivity contribution in [3.8, 4) is 0 Å². The Bertz CT molecular complexity index is 242. The van der Waals surface area contributed by atoms with Gasteiger partial charge in [0.1, 0.15) is 5.60 Å². The van der Waals surface area contributed by atoms with Gasteiger partial charge in [0.05, 0.1) is 0 Å². The molecule has 0 radical (unpaired) electrons. The van der Waals surface area contributed by atoms with E-state index in [0.29, 0.717) is 0 Å². The quantitative estimate of drug-likeness (QED) is 0.703. The van der Waals surface area contributed by atoms with Crippen molar-refractivity contribution < 1.29 is 5.11 Å². The van der Waals surface area contributed by atoms with E-state index in [1.54, 1.807) is 18.3 Å². The molecule has 3 heteroatoms. The first kappa shape index (κ1) is 8.71. The monoisotopic (exact) mass is 171 g/mol. The van der Waals surface area contributed by atoms with Crippen molar-refractivity contribution >= 4 is 11.3 Å². The van der Waals surface area contributed by atoms with Crippen molar-refractivity contribution in [3.05, 3.63) is 21.9 Å². The molecule has 0 aliphatic rings. The molecular weight excluding hydrogens is 158 g/mol. The average molecular weight is 171 g/mol. The molecule has 0 fully saturated rings. The first-order chi connectivity index (χ1) is 5.08. The largest absolute Gasteiger partial charge is 0.384 e. The van der Waals surface area contributed by atoms with Crippen LogP contribution in [0.3, 0.4) is 0 Å². The molecule has 2 nitrogen and oxygen atoms in total. The number of hydrogen-bond acceptors (Lipinski definition) is 3. The molecule has 0 bridgehead atoms. The lowest BCUT2D eigenvalue weighted by molar-refractivity contribution is 0.0667. The van der Waals surface area contributed by atoms with E-state index >= 15 is 0 Å². The second-order valence-electron chi connectivity index (χ2n) is 2.87. The third-order valence-corrected chi connectivity index (χ3v) is 2.68. The van der Waals surface area contributed by atoms with E-state index in [2.05, 4.69) is 0 Å². The number of nitrogens with two attached hydrogens (primary N) is 1. The molecule has 1 unspecified atom stereocenters. The van der Waals surface area contributed by atoms with Gasteiger partial charge < -0.3 is 10.8 Å². The number of hydrogen-bond donors (Lipinski definition) is 2. The Labute approximate surface area is 70.7 Å².